The summed E-state index contributed by atoms with van der Waals surface area (Å²) in [4.78, 5) is 30.1. The van der Waals surface area contributed by atoms with Crippen molar-refractivity contribution in [3.8, 4) is 0 Å². The van der Waals surface area contributed by atoms with Crippen LogP contribution in [-0.2, 0) is 20.9 Å². The average molecular weight is 428 g/mol. The van der Waals surface area contributed by atoms with Crippen molar-refractivity contribution in [2.75, 3.05) is 6.61 Å². The number of hydrogen-bond donors (Lipinski definition) is 0. The lowest BCUT2D eigenvalue weighted by molar-refractivity contribution is -0.146. The molecule has 158 valence electrons. The Morgan fingerprint density at radius 2 is 1.90 bits per heavy atom. The molecule has 29 heavy (non-hydrogen) atoms. The lowest BCUT2D eigenvalue weighted by Gasteiger charge is -2.34. The smallest absolute Gasteiger partial charge is 0.306 e. The molecule has 0 radical (unpaired) electrons. The lowest BCUT2D eigenvalue weighted by atomic mass is 9.94. The molecule has 1 amide bonds. The van der Waals surface area contributed by atoms with Gasteiger partial charge in [0.15, 0.2) is 11.6 Å². The minimum Gasteiger partial charge on any atom is -0.466 e. The predicted octanol–water partition coefficient (Wildman–Crippen LogP) is 4.72. The zero-order valence-electron chi connectivity index (χ0n) is 16.2. The van der Waals surface area contributed by atoms with E-state index in [1.165, 1.54) is 0 Å². The third-order valence-electron chi connectivity index (χ3n) is 5.05. The van der Waals surface area contributed by atoms with Gasteiger partial charge in [0, 0.05) is 18.5 Å². The minimum absolute atomic E-state index is 0.00240. The highest BCUT2D eigenvalue weighted by atomic mass is 32.1. The Bertz CT molecular complexity index is 897. The van der Waals surface area contributed by atoms with E-state index in [2.05, 4.69) is 4.98 Å². The van der Waals surface area contributed by atoms with E-state index in [4.69, 9.17) is 4.74 Å². The molecule has 1 saturated carbocycles. The number of hydrogen-bond acceptors (Lipinski definition) is 5. The summed E-state index contributed by atoms with van der Waals surface area (Å²) < 4.78 is 46.3. The van der Waals surface area contributed by atoms with Gasteiger partial charge in [0.25, 0.3) is 0 Å². The van der Waals surface area contributed by atoms with Crippen molar-refractivity contribution in [2.24, 2.45) is 0 Å². The van der Waals surface area contributed by atoms with Crippen LogP contribution in [0.1, 0.15) is 56.9 Å². The minimum atomic E-state index is -1.29. The van der Waals surface area contributed by atoms with E-state index in [9.17, 15) is 22.8 Å². The molecule has 1 heterocycles. The molecule has 0 atom stereocenters. The number of esters is 1. The van der Waals surface area contributed by atoms with E-state index in [0.717, 1.165) is 43.4 Å². The van der Waals surface area contributed by atoms with Gasteiger partial charge in [0.1, 0.15) is 16.3 Å². The van der Waals surface area contributed by atoms with Crippen LogP contribution in [0.5, 0.6) is 0 Å². The maximum Gasteiger partial charge on any atom is 0.306 e. The first-order valence-electron chi connectivity index (χ1n) is 9.78. The number of carbonyl (C=O) groups is 2. The molecule has 3 rings (SSSR count). The fraction of sp³-hybridized carbons (Fsp3) is 0.550. The van der Waals surface area contributed by atoms with Crippen LogP contribution in [0.3, 0.4) is 0 Å². The summed E-state index contributed by atoms with van der Waals surface area (Å²) in [6.45, 7) is 2.02. The lowest BCUT2D eigenvalue weighted by Crippen LogP contribution is -2.41. The van der Waals surface area contributed by atoms with Gasteiger partial charge in [-0.2, -0.15) is 0 Å². The highest BCUT2D eigenvalue weighted by Crippen LogP contribution is 2.31. The standard InChI is InChI=1S/C20H23F3N2O3S/c1-2-28-17(27)9-8-16(26)25(12-6-4-3-5-7-12)11-15-24-19-18(23)13(21)10-14(22)20(19)29-15/h10,12H,2-9,11H2,1H3. The fourth-order valence-electron chi connectivity index (χ4n) is 3.64. The second kappa shape index (κ2) is 9.56. The molecule has 0 N–H and O–H groups in total. The van der Waals surface area contributed by atoms with Gasteiger partial charge in [0.2, 0.25) is 5.91 Å². The third-order valence-corrected chi connectivity index (χ3v) is 6.10. The molecule has 0 spiro atoms. The van der Waals surface area contributed by atoms with Gasteiger partial charge in [0.05, 0.1) is 24.3 Å². The number of benzene rings is 1. The average Bonchev–Trinajstić information content (AvgIpc) is 3.14. The molecule has 1 fully saturated rings. The van der Waals surface area contributed by atoms with E-state index < -0.39 is 23.4 Å². The summed E-state index contributed by atoms with van der Waals surface area (Å²) in [7, 11) is 0. The van der Waals surface area contributed by atoms with Gasteiger partial charge in [-0.1, -0.05) is 19.3 Å². The second-order valence-corrected chi connectivity index (χ2v) is 8.14. The van der Waals surface area contributed by atoms with Crippen molar-refractivity contribution in [3.63, 3.8) is 0 Å². The van der Waals surface area contributed by atoms with Crippen LogP contribution in [0.25, 0.3) is 10.2 Å². The molecular weight excluding hydrogens is 405 g/mol. The highest BCUT2D eigenvalue weighted by Gasteiger charge is 2.28. The molecule has 0 bridgehead atoms. The quantitative estimate of drug-likeness (QED) is 0.473. The van der Waals surface area contributed by atoms with Crippen LogP contribution in [0.2, 0.25) is 0 Å². The Balaban J connectivity index is 1.82. The van der Waals surface area contributed by atoms with E-state index in [1.807, 2.05) is 0 Å². The maximum absolute atomic E-state index is 14.0. The van der Waals surface area contributed by atoms with Gasteiger partial charge in [-0.05, 0) is 19.8 Å². The zero-order chi connectivity index (χ0) is 21.0. The summed E-state index contributed by atoms with van der Waals surface area (Å²) in [5.74, 6) is -4.02. The molecule has 1 aromatic heterocycles. The van der Waals surface area contributed by atoms with Gasteiger partial charge >= 0.3 is 5.97 Å². The number of carbonyl (C=O) groups excluding carboxylic acids is 2. The molecule has 1 aromatic carbocycles. The number of amides is 1. The van der Waals surface area contributed by atoms with Crippen molar-refractivity contribution in [1.29, 1.82) is 0 Å². The molecule has 0 aliphatic heterocycles. The normalized spacial score (nSPS) is 14.9. The van der Waals surface area contributed by atoms with Crippen LogP contribution >= 0.6 is 11.3 Å². The Morgan fingerprint density at radius 3 is 2.59 bits per heavy atom. The molecule has 0 saturated heterocycles. The summed E-state index contributed by atoms with van der Waals surface area (Å²) in [6, 6.07) is 0.486. The molecule has 1 aliphatic carbocycles. The first-order valence-corrected chi connectivity index (χ1v) is 10.6. The fourth-order valence-corrected chi connectivity index (χ4v) is 4.61. The third kappa shape index (κ3) is 5.07. The Morgan fingerprint density at radius 1 is 1.17 bits per heavy atom. The topological polar surface area (TPSA) is 59.5 Å². The molecule has 0 unspecified atom stereocenters. The molecule has 5 nitrogen and oxygen atoms in total. The van der Waals surface area contributed by atoms with Crippen LogP contribution in [0.4, 0.5) is 13.2 Å². The van der Waals surface area contributed by atoms with Crippen molar-refractivity contribution in [1.82, 2.24) is 9.88 Å². The summed E-state index contributed by atoms with van der Waals surface area (Å²) in [6.07, 6.45) is 4.70. The number of nitrogens with zero attached hydrogens (tertiary/aromatic N) is 2. The van der Waals surface area contributed by atoms with Crippen molar-refractivity contribution in [2.45, 2.75) is 64.5 Å². The van der Waals surface area contributed by atoms with Crippen molar-refractivity contribution >= 4 is 33.4 Å². The molecule has 9 heteroatoms. The first kappa shape index (κ1) is 21.5. The highest BCUT2D eigenvalue weighted by molar-refractivity contribution is 7.18. The monoisotopic (exact) mass is 428 g/mol. The van der Waals surface area contributed by atoms with E-state index in [0.29, 0.717) is 11.1 Å². The van der Waals surface area contributed by atoms with Crippen molar-refractivity contribution in [3.05, 3.63) is 28.5 Å². The number of fused-ring (bicyclic) bond motifs is 1. The Kier molecular flexibility index (Phi) is 7.10. The van der Waals surface area contributed by atoms with Gasteiger partial charge in [-0.25, -0.2) is 18.2 Å². The van der Waals surface area contributed by atoms with Crippen molar-refractivity contribution < 1.29 is 27.5 Å². The molecule has 1 aliphatic rings. The number of halogens is 3. The second-order valence-electron chi connectivity index (χ2n) is 7.06. The molecular formula is C20H23F3N2O3S. The summed E-state index contributed by atoms with van der Waals surface area (Å²) in [5, 5.41) is 0.332. The predicted molar refractivity (Wildman–Crippen MR) is 103 cm³/mol. The summed E-state index contributed by atoms with van der Waals surface area (Å²) >= 11 is 0.911. The Labute approximate surface area is 170 Å². The summed E-state index contributed by atoms with van der Waals surface area (Å²) in [5.41, 5.74) is -0.356. The Hall–Kier alpha value is -2.16. The van der Waals surface area contributed by atoms with Crippen LogP contribution < -0.4 is 0 Å². The largest absolute Gasteiger partial charge is 0.466 e. The van der Waals surface area contributed by atoms with Crippen LogP contribution in [0.15, 0.2) is 6.07 Å². The number of ether oxygens (including phenoxy) is 1. The van der Waals surface area contributed by atoms with E-state index >= 15 is 0 Å². The number of thiazole rings is 1. The number of aromatic nitrogens is 1. The number of rotatable bonds is 7. The first-order chi connectivity index (χ1) is 13.9. The van der Waals surface area contributed by atoms with E-state index in [1.54, 1.807) is 11.8 Å². The van der Waals surface area contributed by atoms with Crippen LogP contribution in [-0.4, -0.2) is 34.4 Å². The maximum atomic E-state index is 14.0. The molecule has 2 aromatic rings. The zero-order valence-corrected chi connectivity index (χ0v) is 17.0. The van der Waals surface area contributed by atoms with E-state index in [-0.39, 0.29) is 48.2 Å². The SMILES string of the molecule is CCOC(=O)CCC(=O)N(Cc1nc2c(F)c(F)cc(F)c2s1)C1CCCCC1. The van der Waals surface area contributed by atoms with Crippen LogP contribution in [0, 0.1) is 17.5 Å². The van der Waals surface area contributed by atoms with Gasteiger partial charge < -0.3 is 9.64 Å². The van der Waals surface area contributed by atoms with Gasteiger partial charge in [-0.15, -0.1) is 11.3 Å². The van der Waals surface area contributed by atoms with Gasteiger partial charge in [-0.3, -0.25) is 9.59 Å².